The average Bonchev–Trinajstić information content (AvgIpc) is 4.40. The van der Waals surface area contributed by atoms with Crippen LogP contribution in [0.15, 0.2) is 0 Å². The van der Waals surface area contributed by atoms with E-state index in [2.05, 4.69) is 277 Å². The summed E-state index contributed by atoms with van der Waals surface area (Å²) < 4.78 is 0. The van der Waals surface area contributed by atoms with Crippen LogP contribution in [0.4, 0.5) is 0 Å². The van der Waals surface area contributed by atoms with E-state index in [1.165, 1.54) is 205 Å². The summed E-state index contributed by atoms with van der Waals surface area (Å²) in [6.07, 6.45) is 45.5. The summed E-state index contributed by atoms with van der Waals surface area (Å²) in [6, 6.07) is 0. The summed E-state index contributed by atoms with van der Waals surface area (Å²) in [5, 5.41) is 0. The second-order valence-electron chi connectivity index (χ2n) is 37.0. The third-order valence-electron chi connectivity index (χ3n) is 24.2. The van der Waals surface area contributed by atoms with Crippen LogP contribution in [0.25, 0.3) is 0 Å². The van der Waals surface area contributed by atoms with Gasteiger partial charge in [-0.2, -0.15) is 0 Å². The summed E-state index contributed by atoms with van der Waals surface area (Å²) in [7, 11) is 0. The molecule has 562 valence electrons. The van der Waals surface area contributed by atoms with E-state index in [1.54, 1.807) is 0 Å². The Morgan fingerprint density at radius 1 is 0.352 bits per heavy atom. The van der Waals surface area contributed by atoms with Gasteiger partial charge in [0.15, 0.2) is 0 Å². The summed E-state index contributed by atoms with van der Waals surface area (Å²) in [4.78, 5) is 0. The minimum absolute atomic E-state index is 0.500. The van der Waals surface area contributed by atoms with Gasteiger partial charge in [-0.1, -0.05) is 463 Å². The maximum atomic E-state index is 2.36. The van der Waals surface area contributed by atoms with Gasteiger partial charge in [0, 0.05) is 0 Å². The molecule has 0 bridgehead atoms. The number of hydrogen-bond donors (Lipinski definition) is 0. The molecule has 0 aromatic heterocycles. The molecule has 5 saturated carbocycles. The Balaban J connectivity index is -0.000000137. The predicted octanol–water partition coefficient (Wildman–Crippen LogP) is 34.7. The van der Waals surface area contributed by atoms with Crippen molar-refractivity contribution < 1.29 is 0 Å². The van der Waals surface area contributed by atoms with Crippen LogP contribution >= 0.6 is 0 Å². The monoisotopic (exact) mass is 1290 g/mol. The minimum atomic E-state index is 0.500. The molecule has 5 unspecified atom stereocenters. The maximum absolute atomic E-state index is 2.36. The minimum Gasteiger partial charge on any atom is -0.0654 e. The zero-order valence-corrected chi connectivity index (χ0v) is 73.2. The van der Waals surface area contributed by atoms with Crippen molar-refractivity contribution >= 4 is 0 Å². The van der Waals surface area contributed by atoms with Crippen LogP contribution in [0.1, 0.15) is 482 Å². The highest BCUT2D eigenvalue weighted by atomic mass is 14.3. The highest BCUT2D eigenvalue weighted by Crippen LogP contribution is 2.36. The molecule has 0 saturated heterocycles. The Kier molecular flexibility index (Phi) is 77.5. The summed E-state index contributed by atoms with van der Waals surface area (Å²) in [6.45, 7) is 91.3. The lowest BCUT2D eigenvalue weighted by molar-refractivity contribution is 0.283. The van der Waals surface area contributed by atoms with E-state index in [9.17, 15) is 0 Å². The van der Waals surface area contributed by atoms with E-state index >= 15 is 0 Å². The van der Waals surface area contributed by atoms with Crippen molar-refractivity contribution in [3.8, 4) is 0 Å². The molecule has 7 atom stereocenters. The molecule has 91 heavy (non-hydrogen) atoms. The molecule has 0 radical (unpaired) electrons. The van der Waals surface area contributed by atoms with Gasteiger partial charge in [-0.25, -0.2) is 0 Å². The predicted molar refractivity (Wildman–Crippen MR) is 436 cm³/mol. The Bertz CT molecular complexity index is 1220. The molecule has 5 rings (SSSR count). The van der Waals surface area contributed by atoms with Gasteiger partial charge in [-0.15, -0.1) is 0 Å². The van der Waals surface area contributed by atoms with Crippen LogP contribution in [-0.4, -0.2) is 0 Å². The lowest BCUT2D eigenvalue weighted by atomic mass is 9.84. The van der Waals surface area contributed by atoms with Crippen LogP contribution in [0, 0.1) is 110 Å². The fourth-order valence-corrected chi connectivity index (χ4v) is 9.89. The van der Waals surface area contributed by atoms with Crippen LogP contribution in [0.5, 0.6) is 0 Å². The first kappa shape index (κ1) is 107. The fourth-order valence-electron chi connectivity index (χ4n) is 9.89. The third kappa shape index (κ3) is 82.3. The normalized spacial score (nSPS) is 20.4. The number of rotatable bonds is 15. The van der Waals surface area contributed by atoms with Gasteiger partial charge in [0.1, 0.15) is 0 Å². The Labute approximate surface area is 589 Å². The highest BCUT2D eigenvalue weighted by Gasteiger charge is 2.22. The van der Waals surface area contributed by atoms with Crippen molar-refractivity contribution in [3.05, 3.63) is 0 Å². The molecule has 5 aliphatic carbocycles. The molecule has 5 aliphatic rings. The fraction of sp³-hybridized carbons (Fsp3) is 1.00. The molecule has 0 nitrogen and oxygen atoms in total. The van der Waals surface area contributed by atoms with Crippen molar-refractivity contribution in [2.45, 2.75) is 482 Å². The van der Waals surface area contributed by atoms with E-state index in [1.807, 2.05) is 0 Å². The van der Waals surface area contributed by atoms with Gasteiger partial charge < -0.3 is 0 Å². The quantitative estimate of drug-likeness (QED) is 0.153. The van der Waals surface area contributed by atoms with E-state index in [-0.39, 0.29) is 0 Å². The molecule has 0 N–H and O–H groups in total. The van der Waals surface area contributed by atoms with Crippen LogP contribution in [0.3, 0.4) is 0 Å². The number of hydrogen-bond acceptors (Lipinski definition) is 0. The second kappa shape index (κ2) is 65.9. The average molecular weight is 1290 g/mol. The van der Waals surface area contributed by atoms with E-state index in [4.69, 9.17) is 0 Å². The maximum Gasteiger partial charge on any atom is -0.0354 e. The van der Waals surface area contributed by atoms with Gasteiger partial charge in [0.05, 0.1) is 0 Å². The lowest BCUT2D eigenvalue weighted by Crippen LogP contribution is -2.12. The molecule has 0 aromatic rings. The Morgan fingerprint density at radius 3 is 0.747 bits per heavy atom. The standard InChI is InChI=1S/5C7H14.8C7H16/c1-6-3-4-7(2)5-6;1-7(2)5-3-4-6-7;1-6-4-3-5-7(6)2;1-7-5-3-2-4-6-7;1-2-7-5-3-4-6-7;2*1-6(2)7(3,4)5;2*1-5-7(3,4)6-2;2*1-5-7(4)6(2)3;1-4-6-7(3)5-2;1-4-7(5-2)6-3/h6-7H,3-5H2,1-2H3;3-6H2,1-2H3;6-7H,3-5H2,1-2H3;2*7H,2-6H2,1H3;2*6H,1-5H3;2*5-6H2,1-4H3;2*6-7H,5H2,1-4H3;2*7H,4-6H2,1-3H3/t6-,7?;;6-,7?;;;;;;;;;;/m1.1........../s1. The topological polar surface area (TPSA) is 0 Å². The summed E-state index contributed by atoms with van der Waals surface area (Å²) in [5.74, 6) is 13.3. The molecule has 5 fully saturated rings. The van der Waals surface area contributed by atoms with Crippen molar-refractivity contribution in [2.75, 3.05) is 0 Å². The van der Waals surface area contributed by atoms with Crippen molar-refractivity contribution in [1.82, 2.24) is 0 Å². The SMILES string of the molecule is CC(C)C(C)(C)C.CC(C)C(C)(C)C.CC1(C)CCCC1.CC1CCCCC1.CC1CCC[C@H]1C.CC1CC[C@@H](C)C1.CCC(C)(C)CC.CCC(C)(C)CC.CCC(C)C(C)C.CCC(C)C(C)C.CCC(CC)CC.CCC1CCCC1.CCCC(C)CC. The first-order valence-electron chi connectivity index (χ1n) is 41.8. The first-order valence-corrected chi connectivity index (χ1v) is 41.8. The van der Waals surface area contributed by atoms with Gasteiger partial charge in [0.25, 0.3) is 0 Å². The molecule has 0 heteroatoms. The highest BCUT2D eigenvalue weighted by molar-refractivity contribution is 4.75. The van der Waals surface area contributed by atoms with Gasteiger partial charge in [0.2, 0.25) is 0 Å². The smallest absolute Gasteiger partial charge is 0.0354 e. The Morgan fingerprint density at radius 2 is 0.659 bits per heavy atom. The molecule has 0 spiro atoms. The lowest BCUT2D eigenvalue weighted by Gasteiger charge is -2.22. The van der Waals surface area contributed by atoms with Gasteiger partial charge in [-0.3, -0.25) is 0 Å². The van der Waals surface area contributed by atoms with Gasteiger partial charge in [-0.05, 0) is 129 Å². The zero-order chi connectivity index (χ0) is 73.2. The van der Waals surface area contributed by atoms with E-state index < -0.39 is 0 Å². The van der Waals surface area contributed by atoms with Crippen LogP contribution < -0.4 is 0 Å². The van der Waals surface area contributed by atoms with Crippen molar-refractivity contribution in [3.63, 3.8) is 0 Å². The molecule has 0 amide bonds. The molecule has 0 aromatic carbocycles. The summed E-state index contributed by atoms with van der Waals surface area (Å²) >= 11 is 0. The first-order chi connectivity index (χ1) is 41.8. The van der Waals surface area contributed by atoms with E-state index in [0.29, 0.717) is 27.1 Å². The molecule has 0 heterocycles. The third-order valence-corrected chi connectivity index (χ3v) is 24.2. The molecular formula is C91H198. The van der Waals surface area contributed by atoms with Crippen molar-refractivity contribution in [2.24, 2.45) is 110 Å². The van der Waals surface area contributed by atoms with Crippen molar-refractivity contribution in [1.29, 1.82) is 0 Å². The second-order valence-corrected chi connectivity index (χ2v) is 37.0. The largest absolute Gasteiger partial charge is 0.0654 e. The molecule has 0 aliphatic heterocycles. The molecular weight excluding hydrogens is 1090 g/mol. The Hall–Kier alpha value is 0. The van der Waals surface area contributed by atoms with E-state index in [0.717, 1.165) is 82.9 Å². The zero-order valence-electron chi connectivity index (χ0n) is 73.2. The van der Waals surface area contributed by atoms with Gasteiger partial charge >= 0.3 is 0 Å². The van der Waals surface area contributed by atoms with Crippen LogP contribution in [0.2, 0.25) is 0 Å². The van der Waals surface area contributed by atoms with Crippen LogP contribution in [-0.2, 0) is 0 Å². The summed E-state index contributed by atoms with van der Waals surface area (Å²) in [5.41, 5.74) is 2.86.